The molecular weight excluding hydrogens is 194 g/mol. The predicted molar refractivity (Wildman–Crippen MR) is 56.5 cm³/mol. The number of furan rings is 1. The fraction of sp³-hybridized carbons (Fsp3) is 0.545. The first-order valence-corrected chi connectivity index (χ1v) is 5.11. The Morgan fingerprint density at radius 3 is 2.87 bits per heavy atom. The molecule has 15 heavy (non-hydrogen) atoms. The molecule has 0 radical (unpaired) electrons. The lowest BCUT2D eigenvalue weighted by Gasteiger charge is -2.25. The molecule has 1 N–H and O–H groups in total. The highest BCUT2D eigenvalue weighted by Gasteiger charge is 2.16. The lowest BCUT2D eigenvalue weighted by atomic mass is 10.2. The zero-order chi connectivity index (χ0) is 11.3. The standard InChI is InChI=1S/C11H17NO3/c1-3-9(2)12(8-11(13)14)7-10-5-4-6-15-10/h4-6,9H,3,7-8H2,1-2H3,(H,13,14). The zero-order valence-electron chi connectivity index (χ0n) is 9.14. The molecule has 0 aliphatic heterocycles. The number of carboxylic acids is 1. The van der Waals surface area contributed by atoms with Crippen LogP contribution in [0.4, 0.5) is 0 Å². The van der Waals surface area contributed by atoms with Crippen molar-refractivity contribution in [2.75, 3.05) is 6.54 Å². The summed E-state index contributed by atoms with van der Waals surface area (Å²) in [7, 11) is 0. The van der Waals surface area contributed by atoms with Gasteiger partial charge in [0.05, 0.1) is 19.4 Å². The molecule has 0 spiro atoms. The third kappa shape index (κ3) is 3.75. The van der Waals surface area contributed by atoms with Crippen LogP contribution in [0.1, 0.15) is 26.0 Å². The molecule has 1 aromatic heterocycles. The molecule has 0 fully saturated rings. The van der Waals surface area contributed by atoms with Gasteiger partial charge < -0.3 is 9.52 Å². The topological polar surface area (TPSA) is 53.7 Å². The highest BCUT2D eigenvalue weighted by Crippen LogP contribution is 2.10. The van der Waals surface area contributed by atoms with E-state index in [-0.39, 0.29) is 12.6 Å². The van der Waals surface area contributed by atoms with Crippen LogP contribution in [-0.2, 0) is 11.3 Å². The summed E-state index contributed by atoms with van der Waals surface area (Å²) in [6.45, 7) is 4.66. The maximum absolute atomic E-state index is 10.7. The van der Waals surface area contributed by atoms with Crippen LogP contribution in [0.25, 0.3) is 0 Å². The van der Waals surface area contributed by atoms with Crippen LogP contribution < -0.4 is 0 Å². The average molecular weight is 211 g/mol. The van der Waals surface area contributed by atoms with Gasteiger partial charge in [0.15, 0.2) is 0 Å². The molecule has 0 aliphatic carbocycles. The molecule has 1 atom stereocenters. The van der Waals surface area contributed by atoms with Gasteiger partial charge in [-0.05, 0) is 25.5 Å². The van der Waals surface area contributed by atoms with Crippen LogP contribution in [0, 0.1) is 0 Å². The van der Waals surface area contributed by atoms with E-state index in [0.717, 1.165) is 12.2 Å². The molecule has 0 aromatic carbocycles. The molecule has 1 aromatic rings. The van der Waals surface area contributed by atoms with E-state index in [2.05, 4.69) is 0 Å². The summed E-state index contributed by atoms with van der Waals surface area (Å²) in [5.74, 6) is -0.00148. The zero-order valence-corrected chi connectivity index (χ0v) is 9.14. The van der Waals surface area contributed by atoms with Gasteiger partial charge in [0.25, 0.3) is 0 Å². The van der Waals surface area contributed by atoms with Gasteiger partial charge in [-0.15, -0.1) is 0 Å². The molecule has 0 aliphatic rings. The van der Waals surface area contributed by atoms with Crippen molar-refractivity contribution in [2.45, 2.75) is 32.9 Å². The minimum absolute atomic E-state index is 0.0513. The van der Waals surface area contributed by atoms with E-state index in [1.54, 1.807) is 6.26 Å². The second-order valence-corrected chi connectivity index (χ2v) is 3.64. The number of nitrogens with zero attached hydrogens (tertiary/aromatic N) is 1. The van der Waals surface area contributed by atoms with Gasteiger partial charge >= 0.3 is 5.97 Å². The molecule has 0 saturated heterocycles. The summed E-state index contributed by atoms with van der Waals surface area (Å²) in [4.78, 5) is 12.6. The Bertz CT molecular complexity index is 295. The molecular formula is C11H17NO3. The average Bonchev–Trinajstić information content (AvgIpc) is 2.67. The Balaban J connectivity index is 2.60. The van der Waals surface area contributed by atoms with Gasteiger partial charge in [0.1, 0.15) is 5.76 Å². The van der Waals surface area contributed by atoms with Crippen LogP contribution in [0.15, 0.2) is 22.8 Å². The van der Waals surface area contributed by atoms with Gasteiger partial charge in [-0.25, -0.2) is 0 Å². The Morgan fingerprint density at radius 2 is 2.40 bits per heavy atom. The normalized spacial score (nSPS) is 13.0. The van der Waals surface area contributed by atoms with E-state index in [4.69, 9.17) is 9.52 Å². The van der Waals surface area contributed by atoms with E-state index >= 15 is 0 Å². The highest BCUT2D eigenvalue weighted by atomic mass is 16.4. The number of aliphatic carboxylic acids is 1. The minimum Gasteiger partial charge on any atom is -0.480 e. The summed E-state index contributed by atoms with van der Waals surface area (Å²) in [5.41, 5.74) is 0. The smallest absolute Gasteiger partial charge is 0.317 e. The van der Waals surface area contributed by atoms with Crippen LogP contribution in [-0.4, -0.2) is 28.6 Å². The van der Waals surface area contributed by atoms with Crippen molar-refractivity contribution in [1.82, 2.24) is 4.90 Å². The van der Waals surface area contributed by atoms with Gasteiger partial charge in [0.2, 0.25) is 0 Å². The number of hydrogen-bond acceptors (Lipinski definition) is 3. The highest BCUT2D eigenvalue weighted by molar-refractivity contribution is 5.69. The fourth-order valence-corrected chi connectivity index (χ4v) is 1.40. The predicted octanol–water partition coefficient (Wildman–Crippen LogP) is 1.96. The summed E-state index contributed by atoms with van der Waals surface area (Å²) in [5, 5.41) is 8.78. The van der Waals surface area contributed by atoms with Gasteiger partial charge in [-0.1, -0.05) is 6.92 Å². The first kappa shape index (κ1) is 11.8. The second-order valence-electron chi connectivity index (χ2n) is 3.64. The van der Waals surface area contributed by atoms with E-state index in [0.29, 0.717) is 6.54 Å². The molecule has 4 nitrogen and oxygen atoms in total. The Kier molecular flexibility index (Phi) is 4.37. The molecule has 1 unspecified atom stereocenters. The van der Waals surface area contributed by atoms with Crippen molar-refractivity contribution < 1.29 is 14.3 Å². The van der Waals surface area contributed by atoms with Crippen LogP contribution >= 0.6 is 0 Å². The number of carbonyl (C=O) groups is 1. The van der Waals surface area contributed by atoms with E-state index in [9.17, 15) is 4.79 Å². The van der Waals surface area contributed by atoms with Gasteiger partial charge in [0, 0.05) is 6.04 Å². The third-order valence-corrected chi connectivity index (χ3v) is 2.49. The SMILES string of the molecule is CCC(C)N(CC(=O)O)Cc1ccco1. The maximum Gasteiger partial charge on any atom is 0.317 e. The van der Waals surface area contributed by atoms with Crippen molar-refractivity contribution in [3.8, 4) is 0 Å². The van der Waals surface area contributed by atoms with Crippen LogP contribution in [0.2, 0.25) is 0 Å². The monoisotopic (exact) mass is 211 g/mol. The Labute approximate surface area is 89.5 Å². The van der Waals surface area contributed by atoms with Crippen LogP contribution in [0.3, 0.4) is 0 Å². The van der Waals surface area contributed by atoms with Crippen LogP contribution in [0.5, 0.6) is 0 Å². The first-order valence-electron chi connectivity index (χ1n) is 5.11. The van der Waals surface area contributed by atoms with Gasteiger partial charge in [-0.3, -0.25) is 9.69 Å². The molecule has 1 rings (SSSR count). The van der Waals surface area contributed by atoms with Crippen molar-refractivity contribution in [3.63, 3.8) is 0 Å². The van der Waals surface area contributed by atoms with Crippen molar-refractivity contribution in [3.05, 3.63) is 24.2 Å². The lowest BCUT2D eigenvalue weighted by Crippen LogP contribution is -2.36. The third-order valence-electron chi connectivity index (χ3n) is 2.49. The molecule has 1 heterocycles. The minimum atomic E-state index is -0.804. The molecule has 0 amide bonds. The summed E-state index contributed by atoms with van der Waals surface area (Å²) in [6.07, 6.45) is 2.53. The van der Waals surface area contributed by atoms with Crippen molar-refractivity contribution in [1.29, 1.82) is 0 Å². The quantitative estimate of drug-likeness (QED) is 0.781. The number of hydrogen-bond donors (Lipinski definition) is 1. The second kappa shape index (κ2) is 5.56. The van der Waals surface area contributed by atoms with E-state index in [1.165, 1.54) is 0 Å². The molecule has 4 heteroatoms. The summed E-state index contributed by atoms with van der Waals surface area (Å²) < 4.78 is 5.21. The molecule has 0 saturated carbocycles. The summed E-state index contributed by atoms with van der Waals surface area (Å²) in [6, 6.07) is 3.91. The lowest BCUT2D eigenvalue weighted by molar-refractivity contribution is -0.139. The summed E-state index contributed by atoms with van der Waals surface area (Å²) >= 11 is 0. The molecule has 0 bridgehead atoms. The largest absolute Gasteiger partial charge is 0.480 e. The van der Waals surface area contributed by atoms with Crippen molar-refractivity contribution >= 4 is 5.97 Å². The first-order chi connectivity index (χ1) is 7.13. The van der Waals surface area contributed by atoms with E-state index < -0.39 is 5.97 Å². The number of rotatable bonds is 6. The Morgan fingerprint density at radius 1 is 1.67 bits per heavy atom. The molecule has 84 valence electrons. The maximum atomic E-state index is 10.7. The number of carboxylic acid groups (broad SMARTS) is 1. The van der Waals surface area contributed by atoms with E-state index in [1.807, 2.05) is 30.9 Å². The fourth-order valence-electron chi connectivity index (χ4n) is 1.40. The Hall–Kier alpha value is -1.29. The van der Waals surface area contributed by atoms with Crippen molar-refractivity contribution in [2.24, 2.45) is 0 Å². The van der Waals surface area contributed by atoms with Gasteiger partial charge in [-0.2, -0.15) is 0 Å².